The minimum absolute atomic E-state index is 0.166. The number of hydrogen-bond donors (Lipinski definition) is 3. The van der Waals surface area contributed by atoms with E-state index >= 15 is 0 Å². The molecule has 1 heterocycles. The number of carboxylic acid groups (broad SMARTS) is 1. The summed E-state index contributed by atoms with van der Waals surface area (Å²) in [5, 5.41) is 19.5. The first-order chi connectivity index (χ1) is 9.80. The fourth-order valence-corrected chi connectivity index (χ4v) is 2.71. The Bertz CT molecular complexity index is 588. The highest BCUT2D eigenvalue weighted by Gasteiger charge is 2.40. The van der Waals surface area contributed by atoms with Crippen molar-refractivity contribution >= 4 is 23.6 Å². The van der Waals surface area contributed by atoms with Gasteiger partial charge in [0, 0.05) is 30.2 Å². The third-order valence-corrected chi connectivity index (χ3v) is 3.91. The third kappa shape index (κ3) is 3.75. The predicted octanol–water partition coefficient (Wildman–Crippen LogP) is 1.94. The second-order valence-corrected chi connectivity index (χ2v) is 6.05. The fourth-order valence-electron chi connectivity index (χ4n) is 2.53. The first kappa shape index (κ1) is 15.8. The molecule has 0 aromatic heterocycles. The molecule has 0 radical (unpaired) electrons. The lowest BCUT2D eigenvalue weighted by Gasteiger charge is -2.20. The van der Waals surface area contributed by atoms with Crippen LogP contribution in [0.3, 0.4) is 0 Å². The first-order valence-corrected chi connectivity index (χ1v) is 7.08. The highest BCUT2D eigenvalue weighted by molar-refractivity contribution is 6.30. The van der Waals surface area contributed by atoms with Crippen LogP contribution in [0, 0.1) is 0 Å². The van der Waals surface area contributed by atoms with E-state index in [4.69, 9.17) is 22.4 Å². The Morgan fingerprint density at radius 1 is 1.57 bits per heavy atom. The van der Waals surface area contributed by atoms with Gasteiger partial charge in [-0.15, -0.1) is 0 Å². The molecule has 1 aliphatic rings. The molecule has 1 fully saturated rings. The van der Waals surface area contributed by atoms with Gasteiger partial charge in [0.15, 0.2) is 0 Å². The van der Waals surface area contributed by atoms with Gasteiger partial charge in [0.05, 0.1) is 0 Å². The van der Waals surface area contributed by atoms with Crippen LogP contribution in [-0.4, -0.2) is 46.3 Å². The summed E-state index contributed by atoms with van der Waals surface area (Å²) in [5.41, 5.74) is 6.34. The quantitative estimate of drug-likeness (QED) is 0.791. The molecule has 6 heteroatoms. The minimum atomic E-state index is -1.15. The lowest BCUT2D eigenvalue weighted by Crippen LogP contribution is -2.50. The summed E-state index contributed by atoms with van der Waals surface area (Å²) in [6.45, 7) is 3.51. The maximum absolute atomic E-state index is 11.1. The Balaban J connectivity index is 2.05. The molecule has 1 atom stereocenters. The van der Waals surface area contributed by atoms with Crippen molar-refractivity contribution in [1.82, 2.24) is 4.90 Å². The number of halogens is 1. The van der Waals surface area contributed by atoms with Crippen molar-refractivity contribution in [2.24, 2.45) is 5.73 Å². The Labute approximate surface area is 128 Å². The number of hydrogen-bond acceptors (Lipinski definition) is 4. The molecule has 0 spiro atoms. The standard InChI is InChI=1S/C15H19ClN2O3/c1-10(6-11-7-12(16)2-3-13(11)19)8-18-5-4-15(17,9-18)14(20)21/h2-3,6-7,19H,4-5,8-9,17H2,1H3,(H,20,21)/b10-6+/t15-/m1/s1. The molecule has 1 aromatic rings. The number of aliphatic carboxylic acids is 1. The zero-order chi connectivity index (χ0) is 15.6. The van der Waals surface area contributed by atoms with E-state index in [9.17, 15) is 9.90 Å². The van der Waals surface area contributed by atoms with Crippen LogP contribution in [0.4, 0.5) is 0 Å². The fraction of sp³-hybridized carbons (Fsp3) is 0.400. The molecule has 0 bridgehead atoms. The number of benzene rings is 1. The van der Waals surface area contributed by atoms with Crippen molar-refractivity contribution in [2.45, 2.75) is 18.9 Å². The van der Waals surface area contributed by atoms with E-state index in [0.717, 1.165) is 5.57 Å². The van der Waals surface area contributed by atoms with Gasteiger partial charge < -0.3 is 15.9 Å². The Hall–Kier alpha value is -1.56. The maximum Gasteiger partial charge on any atom is 0.325 e. The zero-order valence-corrected chi connectivity index (χ0v) is 12.6. The molecule has 21 heavy (non-hydrogen) atoms. The third-order valence-electron chi connectivity index (χ3n) is 3.67. The van der Waals surface area contributed by atoms with Crippen molar-refractivity contribution in [3.8, 4) is 5.75 Å². The van der Waals surface area contributed by atoms with Gasteiger partial charge >= 0.3 is 5.97 Å². The Morgan fingerprint density at radius 2 is 2.29 bits per heavy atom. The number of phenolic OH excluding ortho intramolecular Hbond substituents is 1. The van der Waals surface area contributed by atoms with Gasteiger partial charge in [0.25, 0.3) is 0 Å². The van der Waals surface area contributed by atoms with Crippen LogP contribution in [0.25, 0.3) is 6.08 Å². The molecule has 4 N–H and O–H groups in total. The monoisotopic (exact) mass is 310 g/mol. The van der Waals surface area contributed by atoms with Gasteiger partial charge in [-0.05, 0) is 31.5 Å². The van der Waals surface area contributed by atoms with Crippen molar-refractivity contribution in [2.75, 3.05) is 19.6 Å². The Kier molecular flexibility index (Phi) is 4.56. The van der Waals surface area contributed by atoms with E-state index in [1.807, 2.05) is 17.9 Å². The number of nitrogens with zero attached hydrogens (tertiary/aromatic N) is 1. The van der Waals surface area contributed by atoms with Crippen LogP contribution in [0.15, 0.2) is 23.8 Å². The smallest absolute Gasteiger partial charge is 0.325 e. The predicted molar refractivity (Wildman–Crippen MR) is 82.4 cm³/mol. The molecule has 0 saturated carbocycles. The SMILES string of the molecule is C/C(=C\c1cc(Cl)ccc1O)CN1CC[C@](N)(C(=O)O)C1. The number of phenols is 1. The van der Waals surface area contributed by atoms with E-state index < -0.39 is 11.5 Å². The van der Waals surface area contributed by atoms with E-state index in [-0.39, 0.29) is 5.75 Å². The van der Waals surface area contributed by atoms with Crippen molar-refractivity contribution in [3.05, 3.63) is 34.4 Å². The summed E-state index contributed by atoms with van der Waals surface area (Å²) < 4.78 is 0. The maximum atomic E-state index is 11.1. The van der Waals surface area contributed by atoms with Crippen molar-refractivity contribution in [1.29, 1.82) is 0 Å². The largest absolute Gasteiger partial charge is 0.507 e. The molecule has 0 amide bonds. The van der Waals surface area contributed by atoms with Crippen molar-refractivity contribution in [3.63, 3.8) is 0 Å². The average molecular weight is 311 g/mol. The second-order valence-electron chi connectivity index (χ2n) is 5.62. The summed E-state index contributed by atoms with van der Waals surface area (Å²) in [7, 11) is 0. The van der Waals surface area contributed by atoms with Gasteiger partial charge in [0.2, 0.25) is 0 Å². The van der Waals surface area contributed by atoms with Gasteiger partial charge in [-0.1, -0.05) is 23.3 Å². The molecule has 1 aromatic carbocycles. The van der Waals surface area contributed by atoms with Crippen LogP contribution in [0.5, 0.6) is 5.75 Å². The molecule has 2 rings (SSSR count). The van der Waals surface area contributed by atoms with E-state index in [1.165, 1.54) is 0 Å². The van der Waals surface area contributed by atoms with Crippen LogP contribution in [0.2, 0.25) is 5.02 Å². The average Bonchev–Trinajstić information content (AvgIpc) is 2.77. The molecule has 1 aliphatic heterocycles. The van der Waals surface area contributed by atoms with Crippen LogP contribution in [0.1, 0.15) is 18.9 Å². The summed E-state index contributed by atoms with van der Waals surface area (Å²) in [4.78, 5) is 13.1. The molecule has 1 saturated heterocycles. The lowest BCUT2D eigenvalue weighted by molar-refractivity contribution is -0.142. The zero-order valence-electron chi connectivity index (χ0n) is 11.8. The number of likely N-dealkylation sites (tertiary alicyclic amines) is 1. The second kappa shape index (κ2) is 6.05. The van der Waals surface area contributed by atoms with E-state index in [2.05, 4.69) is 0 Å². The van der Waals surface area contributed by atoms with Crippen LogP contribution >= 0.6 is 11.6 Å². The Morgan fingerprint density at radius 3 is 2.90 bits per heavy atom. The summed E-state index contributed by atoms with van der Waals surface area (Å²) in [6.07, 6.45) is 2.29. The number of rotatable bonds is 4. The number of aromatic hydroxyl groups is 1. The lowest BCUT2D eigenvalue weighted by atomic mass is 10.0. The first-order valence-electron chi connectivity index (χ1n) is 6.70. The number of carbonyl (C=O) groups is 1. The molecular weight excluding hydrogens is 292 g/mol. The molecular formula is C15H19ClN2O3. The van der Waals surface area contributed by atoms with Gasteiger partial charge in [-0.3, -0.25) is 9.69 Å². The summed E-state index contributed by atoms with van der Waals surface area (Å²) in [5.74, 6) is -0.794. The van der Waals surface area contributed by atoms with E-state index in [0.29, 0.717) is 36.6 Å². The van der Waals surface area contributed by atoms with Gasteiger partial charge in [-0.2, -0.15) is 0 Å². The summed E-state index contributed by atoms with van der Waals surface area (Å²) in [6, 6.07) is 4.86. The van der Waals surface area contributed by atoms with Crippen molar-refractivity contribution < 1.29 is 15.0 Å². The highest BCUT2D eigenvalue weighted by atomic mass is 35.5. The van der Waals surface area contributed by atoms with E-state index in [1.54, 1.807) is 18.2 Å². The number of carboxylic acids is 1. The normalized spacial score (nSPS) is 23.5. The molecule has 114 valence electrons. The highest BCUT2D eigenvalue weighted by Crippen LogP contribution is 2.25. The van der Waals surface area contributed by atoms with Crippen LogP contribution in [-0.2, 0) is 4.79 Å². The number of nitrogens with two attached hydrogens (primary N) is 1. The van der Waals surface area contributed by atoms with Gasteiger partial charge in [-0.25, -0.2) is 0 Å². The topological polar surface area (TPSA) is 86.8 Å². The summed E-state index contributed by atoms with van der Waals surface area (Å²) >= 11 is 5.91. The molecule has 5 nitrogen and oxygen atoms in total. The van der Waals surface area contributed by atoms with Crippen LogP contribution < -0.4 is 5.73 Å². The van der Waals surface area contributed by atoms with Gasteiger partial charge in [0.1, 0.15) is 11.3 Å². The molecule has 0 aliphatic carbocycles. The molecule has 0 unspecified atom stereocenters. The minimum Gasteiger partial charge on any atom is -0.507 e.